The lowest BCUT2D eigenvalue weighted by Gasteiger charge is -2.41. The monoisotopic (exact) mass is 1100 g/mol. The van der Waals surface area contributed by atoms with E-state index in [1.807, 2.05) is 95.4 Å². The van der Waals surface area contributed by atoms with Crippen molar-refractivity contribution in [2.45, 2.75) is 175 Å². The Morgan fingerprint density at radius 3 is 1.48 bits per heavy atom. The molecule has 3 fully saturated rings. The zero-order chi connectivity index (χ0) is 60.4. The van der Waals surface area contributed by atoms with E-state index in [0.717, 1.165) is 38.9 Å². The van der Waals surface area contributed by atoms with Crippen LogP contribution in [0.5, 0.6) is 0 Å². The average molecular weight is 1100 g/mol. The van der Waals surface area contributed by atoms with Gasteiger partial charge in [0.2, 0.25) is 23.6 Å². The number of rotatable bonds is 27. The lowest BCUT2D eigenvalue weighted by atomic mass is 9.60. The maximum Gasteiger partial charge on any atom is 0.318 e. The fourth-order valence-electron chi connectivity index (χ4n) is 10.8. The molecule has 0 aliphatic carbocycles. The van der Waals surface area contributed by atoms with Crippen molar-refractivity contribution in [2.75, 3.05) is 80.7 Å². The third kappa shape index (κ3) is 22.8. The quantitative estimate of drug-likeness (QED) is 0.0197. The number of aliphatic hydroxyl groups is 1. The van der Waals surface area contributed by atoms with Crippen molar-refractivity contribution >= 4 is 47.5 Å². The first kappa shape index (κ1) is 74.9. The van der Waals surface area contributed by atoms with Gasteiger partial charge in [0, 0.05) is 19.7 Å². The molecule has 0 aromatic carbocycles. The number of carboxylic acids is 1. The second-order valence-corrected chi connectivity index (χ2v) is 24.3. The van der Waals surface area contributed by atoms with Crippen LogP contribution in [0, 0.1) is 74.5 Å². The lowest BCUT2D eigenvalue weighted by Crippen LogP contribution is -2.44. The molecular weight excluding hydrogens is 987 g/mol. The number of carbonyl (C=O) groups is 8. The highest BCUT2D eigenvalue weighted by atomic mass is 16.6. The molecule has 3 heterocycles. The summed E-state index contributed by atoms with van der Waals surface area (Å²) in [7, 11) is 7.92. The molecule has 8 atom stereocenters. The molecule has 19 heteroatoms. The second kappa shape index (κ2) is 35.4. The van der Waals surface area contributed by atoms with Crippen LogP contribution in [0.25, 0.3) is 0 Å². The van der Waals surface area contributed by atoms with Crippen LogP contribution < -0.4 is 5.73 Å². The fourth-order valence-corrected chi connectivity index (χ4v) is 10.8. The molecule has 0 aromatic rings. The molecule has 5 N–H and O–H groups in total. The van der Waals surface area contributed by atoms with Gasteiger partial charge in [0.05, 0.1) is 60.5 Å². The predicted octanol–water partition coefficient (Wildman–Crippen LogP) is 8.58. The van der Waals surface area contributed by atoms with Gasteiger partial charge in [-0.25, -0.2) is 5.53 Å². The van der Waals surface area contributed by atoms with E-state index in [1.165, 1.54) is 29.6 Å². The van der Waals surface area contributed by atoms with Gasteiger partial charge in [-0.15, -0.1) is 0 Å². The zero-order valence-corrected chi connectivity index (χ0v) is 51.6. The minimum absolute atomic E-state index is 0.0487. The molecule has 8 unspecified atom stereocenters. The number of hydrogen-bond donors (Lipinski definition) is 4. The number of carboxylic acid groups (broad SMARTS) is 1. The van der Waals surface area contributed by atoms with Crippen LogP contribution in [-0.4, -0.2) is 158 Å². The number of nitrogens with zero attached hydrogens (tertiary/aromatic N) is 5. The summed E-state index contributed by atoms with van der Waals surface area (Å²) in [4.78, 5) is 111. The predicted molar refractivity (Wildman–Crippen MR) is 301 cm³/mol. The molecule has 19 nitrogen and oxygen atoms in total. The van der Waals surface area contributed by atoms with Crippen LogP contribution in [0.15, 0.2) is 5.11 Å². The van der Waals surface area contributed by atoms with Crippen LogP contribution >= 0.6 is 0 Å². The molecule has 3 aliphatic heterocycles. The van der Waals surface area contributed by atoms with Crippen LogP contribution in [0.2, 0.25) is 0 Å². The van der Waals surface area contributed by atoms with Gasteiger partial charge in [0.15, 0.2) is 0 Å². The molecular formula is C58H109N7O12. The highest BCUT2D eigenvalue weighted by molar-refractivity contribution is 6.07. The van der Waals surface area contributed by atoms with Crippen molar-refractivity contribution in [2.24, 2.45) is 79.9 Å². The minimum Gasteiger partial charge on any atom is -0.481 e. The van der Waals surface area contributed by atoms with E-state index in [-0.39, 0.29) is 85.4 Å². The van der Waals surface area contributed by atoms with Crippen LogP contribution in [0.3, 0.4) is 0 Å². The van der Waals surface area contributed by atoms with Crippen molar-refractivity contribution < 1.29 is 58.0 Å². The molecule has 3 saturated heterocycles. The number of ether oxygens (including phenoxy) is 2. The van der Waals surface area contributed by atoms with Crippen molar-refractivity contribution in [3.8, 4) is 0 Å². The standard InChI is InChI=1S/C37H63N3O8.C10H16O3.C5H13N3.C4H11N.C2H6O/c1-13-16-19-39-30(42)25(21-36(7,8)26(33(45)46)23(4)34(47)48-15-3)28(32(39)44)37(9,10)22-24-27(35(5,6)14-2)31(43)40(29(24)41)20-17-18-38(11)12;1-5-10(3,4)7-6(2)8(11)13-9(7)12;1-8(2)5-3-4-7-6;1-2-3-4-5;1-2-3/h23-28H,13-22H2,1-12H3,(H,45,46);6-7H,5H2,1-4H3;6H,3-5H2,1-2H3;2-5H2,1H3;3H,2H2,1H3. The lowest BCUT2D eigenvalue weighted by molar-refractivity contribution is -0.162. The van der Waals surface area contributed by atoms with Crippen LogP contribution in [-0.2, 0) is 47.8 Å². The number of aliphatic hydroxyl groups excluding tert-OH is 1. The van der Waals surface area contributed by atoms with Crippen molar-refractivity contribution in [3.05, 3.63) is 0 Å². The van der Waals surface area contributed by atoms with Gasteiger partial charge in [-0.3, -0.25) is 48.2 Å². The molecule has 0 saturated carbocycles. The number of imide groups is 2. The summed E-state index contributed by atoms with van der Waals surface area (Å²) in [5.41, 5.74) is 8.98. The number of carbonyl (C=O) groups excluding carboxylic acids is 7. The van der Waals surface area contributed by atoms with Crippen LogP contribution in [0.4, 0.5) is 0 Å². The average Bonchev–Trinajstić information content (AvgIpc) is 3.83. The van der Waals surface area contributed by atoms with E-state index in [4.69, 9.17) is 21.1 Å². The molecule has 0 spiro atoms. The number of hydrogen-bond acceptors (Lipinski definition) is 16. The normalized spacial score (nSPS) is 21.6. The largest absolute Gasteiger partial charge is 0.481 e. The summed E-state index contributed by atoms with van der Waals surface area (Å²) in [6.45, 7) is 34.2. The van der Waals surface area contributed by atoms with Crippen molar-refractivity contribution in [1.29, 1.82) is 5.53 Å². The molecule has 3 aliphatic rings. The summed E-state index contributed by atoms with van der Waals surface area (Å²) in [5, 5.41) is 21.1. The van der Waals surface area contributed by atoms with E-state index in [1.54, 1.807) is 34.6 Å². The first-order valence-electron chi connectivity index (χ1n) is 28.4. The third-order valence-electron chi connectivity index (χ3n) is 15.6. The number of unbranched alkanes of at least 4 members (excludes halogenated alkanes) is 2. The van der Waals surface area contributed by atoms with Gasteiger partial charge >= 0.3 is 23.9 Å². The SMILES string of the molecule is CCC(C)(C)C1C(=O)OC(=O)C1C.CCCCN.CCCCN1C(=O)C(CC(C)(C)C(C(=O)O)C(C)C(=O)OCC)C(C(C)(C)CC2C(=O)N(CCCN(C)C)C(=O)C2C(C)(C)CC)C1=O.CCO.CN(C)CCCN=N. The number of amides is 4. The van der Waals surface area contributed by atoms with E-state index in [2.05, 4.69) is 21.7 Å². The van der Waals surface area contributed by atoms with Gasteiger partial charge in [0.25, 0.3) is 0 Å². The zero-order valence-electron chi connectivity index (χ0n) is 51.6. The fraction of sp³-hybridized carbons (Fsp3) is 0.862. The molecule has 77 heavy (non-hydrogen) atoms. The molecule has 0 bridgehead atoms. The number of aliphatic carboxylic acids is 1. The van der Waals surface area contributed by atoms with Gasteiger partial charge in [-0.1, -0.05) is 123 Å². The molecule has 0 radical (unpaired) electrons. The van der Waals surface area contributed by atoms with Gasteiger partial charge < -0.3 is 35.2 Å². The number of esters is 3. The topological polar surface area (TPSA) is 271 Å². The Balaban J connectivity index is 0. The van der Waals surface area contributed by atoms with Gasteiger partial charge in [-0.2, -0.15) is 5.11 Å². The summed E-state index contributed by atoms with van der Waals surface area (Å²) in [6, 6.07) is 0. The first-order valence-corrected chi connectivity index (χ1v) is 28.4. The minimum atomic E-state index is -1.18. The highest BCUT2D eigenvalue weighted by Crippen LogP contribution is 2.53. The maximum atomic E-state index is 14.3. The van der Waals surface area contributed by atoms with Crippen molar-refractivity contribution in [1.82, 2.24) is 19.6 Å². The Kier molecular flexibility index (Phi) is 34.4. The van der Waals surface area contributed by atoms with E-state index < -0.39 is 63.7 Å². The van der Waals surface area contributed by atoms with Gasteiger partial charge in [0.1, 0.15) is 0 Å². The Morgan fingerprint density at radius 2 is 1.12 bits per heavy atom. The smallest absolute Gasteiger partial charge is 0.318 e. The van der Waals surface area contributed by atoms with Gasteiger partial charge in [-0.05, 0) is 122 Å². The Bertz CT molecular complexity index is 1870. The maximum absolute atomic E-state index is 14.3. The molecule has 4 amide bonds. The Morgan fingerprint density at radius 1 is 0.688 bits per heavy atom. The Hall–Kier alpha value is -4.20. The first-order chi connectivity index (χ1) is 35.6. The Labute approximate surface area is 464 Å². The molecule has 448 valence electrons. The van der Waals surface area contributed by atoms with Crippen LogP contribution in [0.1, 0.15) is 175 Å². The summed E-state index contributed by atoms with van der Waals surface area (Å²) < 4.78 is 9.76. The second-order valence-electron chi connectivity index (χ2n) is 24.3. The summed E-state index contributed by atoms with van der Waals surface area (Å²) in [6.07, 6.45) is 7.24. The number of nitrogens with two attached hydrogens (primary N) is 1. The number of cyclic esters (lactones) is 2. The van der Waals surface area contributed by atoms with Crippen molar-refractivity contribution in [3.63, 3.8) is 0 Å². The van der Waals surface area contributed by atoms with E-state index in [9.17, 15) is 43.5 Å². The molecule has 3 rings (SSSR count). The third-order valence-corrected chi connectivity index (χ3v) is 15.6. The summed E-state index contributed by atoms with van der Waals surface area (Å²) >= 11 is 0. The number of likely N-dealkylation sites (tertiary alicyclic amines) is 2. The van der Waals surface area contributed by atoms with E-state index >= 15 is 0 Å². The summed E-state index contributed by atoms with van der Waals surface area (Å²) in [5.74, 6) is -9.29. The highest BCUT2D eigenvalue weighted by Gasteiger charge is 2.60. The number of nitrogens with one attached hydrogen (secondary N) is 1. The van der Waals surface area contributed by atoms with E-state index in [0.29, 0.717) is 32.4 Å². The molecule has 0 aromatic heterocycles.